The zero-order valence-corrected chi connectivity index (χ0v) is 17.2. The highest BCUT2D eigenvalue weighted by molar-refractivity contribution is 5.84. The van der Waals surface area contributed by atoms with Crippen molar-refractivity contribution in [2.45, 2.75) is 39.2 Å². The third-order valence-corrected chi connectivity index (χ3v) is 5.44. The summed E-state index contributed by atoms with van der Waals surface area (Å²) in [5.74, 6) is 0.468. The lowest BCUT2D eigenvalue weighted by molar-refractivity contribution is -0.123. The number of carbonyl (C=O) groups excluding carboxylic acids is 1. The predicted molar refractivity (Wildman–Crippen MR) is 115 cm³/mol. The summed E-state index contributed by atoms with van der Waals surface area (Å²) in [6.45, 7) is 5.71. The number of hydrogen-bond donors (Lipinski definition) is 4. The molecule has 2 atom stereocenters. The third kappa shape index (κ3) is 3.91. The number of carbonyl (C=O) groups is 1. The number of nitrogens with zero attached hydrogens (tertiary/aromatic N) is 2. The highest BCUT2D eigenvalue weighted by Gasteiger charge is 2.26. The fourth-order valence-corrected chi connectivity index (χ4v) is 3.85. The van der Waals surface area contributed by atoms with Gasteiger partial charge in [-0.1, -0.05) is 24.3 Å². The SMILES string of the molecule is Cc1n[nH]c(C)c1C(C)C(=O)NC(Cc1ccc(O)cc1)c1nc2ccccc2[nH]1. The van der Waals surface area contributed by atoms with Crippen molar-refractivity contribution in [3.8, 4) is 5.75 Å². The summed E-state index contributed by atoms with van der Waals surface area (Å²) in [5.41, 5.74) is 5.41. The fraction of sp³-hybridized carbons (Fsp3) is 0.261. The summed E-state index contributed by atoms with van der Waals surface area (Å²) in [4.78, 5) is 21.2. The van der Waals surface area contributed by atoms with Gasteiger partial charge in [0.05, 0.1) is 28.7 Å². The van der Waals surface area contributed by atoms with Crippen LogP contribution in [0.3, 0.4) is 0 Å². The number of aromatic amines is 2. The van der Waals surface area contributed by atoms with Gasteiger partial charge in [0.25, 0.3) is 0 Å². The first-order valence-corrected chi connectivity index (χ1v) is 9.96. The Morgan fingerprint density at radius 3 is 2.53 bits per heavy atom. The van der Waals surface area contributed by atoms with E-state index in [0.717, 1.165) is 33.5 Å². The van der Waals surface area contributed by atoms with Crippen molar-refractivity contribution in [1.29, 1.82) is 0 Å². The second-order valence-corrected chi connectivity index (χ2v) is 7.64. The molecular formula is C23H25N5O2. The van der Waals surface area contributed by atoms with E-state index in [4.69, 9.17) is 4.98 Å². The number of para-hydroxylation sites is 2. The zero-order chi connectivity index (χ0) is 21.3. The van der Waals surface area contributed by atoms with Gasteiger partial charge in [0, 0.05) is 11.3 Å². The van der Waals surface area contributed by atoms with Crippen LogP contribution in [0.2, 0.25) is 0 Å². The van der Waals surface area contributed by atoms with E-state index in [1.807, 2.05) is 57.2 Å². The number of H-pyrrole nitrogens is 2. The molecule has 2 aromatic heterocycles. The molecule has 4 rings (SSSR count). The van der Waals surface area contributed by atoms with Gasteiger partial charge >= 0.3 is 0 Å². The maximum Gasteiger partial charge on any atom is 0.227 e. The van der Waals surface area contributed by atoms with Crippen LogP contribution in [0.1, 0.15) is 47.2 Å². The minimum atomic E-state index is -0.351. The number of aryl methyl sites for hydroxylation is 2. The topological polar surface area (TPSA) is 107 Å². The van der Waals surface area contributed by atoms with E-state index in [9.17, 15) is 9.90 Å². The number of imidazole rings is 1. The van der Waals surface area contributed by atoms with E-state index >= 15 is 0 Å². The first-order valence-electron chi connectivity index (χ1n) is 9.96. The average molecular weight is 403 g/mol. The van der Waals surface area contributed by atoms with Crippen molar-refractivity contribution in [2.24, 2.45) is 0 Å². The first kappa shape index (κ1) is 19.7. The van der Waals surface area contributed by atoms with Crippen molar-refractivity contribution in [2.75, 3.05) is 0 Å². The van der Waals surface area contributed by atoms with Crippen LogP contribution >= 0.6 is 0 Å². The minimum Gasteiger partial charge on any atom is -0.508 e. The third-order valence-electron chi connectivity index (χ3n) is 5.44. The summed E-state index contributed by atoms with van der Waals surface area (Å²) in [5, 5.41) is 19.9. The average Bonchev–Trinajstić information content (AvgIpc) is 3.31. The molecule has 0 radical (unpaired) electrons. The van der Waals surface area contributed by atoms with Crippen molar-refractivity contribution in [1.82, 2.24) is 25.5 Å². The molecule has 4 aromatic rings. The lowest BCUT2D eigenvalue weighted by atomic mass is 9.97. The Bertz CT molecular complexity index is 1120. The van der Waals surface area contributed by atoms with E-state index < -0.39 is 0 Å². The van der Waals surface area contributed by atoms with Crippen LogP contribution in [0.5, 0.6) is 5.75 Å². The molecule has 0 spiro atoms. The lowest BCUT2D eigenvalue weighted by Crippen LogP contribution is -2.34. The van der Waals surface area contributed by atoms with Gasteiger partial charge in [-0.05, 0) is 57.0 Å². The maximum atomic E-state index is 13.2. The van der Waals surface area contributed by atoms with E-state index in [-0.39, 0.29) is 23.6 Å². The molecule has 30 heavy (non-hydrogen) atoms. The van der Waals surface area contributed by atoms with Crippen LogP contribution in [0.4, 0.5) is 0 Å². The second-order valence-electron chi connectivity index (χ2n) is 7.64. The van der Waals surface area contributed by atoms with Gasteiger partial charge in [-0.25, -0.2) is 4.98 Å². The standard InChI is InChI=1S/C23H25N5O2/c1-13(21-14(2)27-28-15(21)3)23(30)26-20(12-16-8-10-17(29)11-9-16)22-24-18-6-4-5-7-19(18)25-22/h4-11,13,20,29H,12H2,1-3H3,(H,24,25)(H,26,30)(H,27,28). The number of phenols is 1. The van der Waals surface area contributed by atoms with Gasteiger partial charge in [-0.2, -0.15) is 5.10 Å². The van der Waals surface area contributed by atoms with E-state index in [1.54, 1.807) is 12.1 Å². The lowest BCUT2D eigenvalue weighted by Gasteiger charge is -2.20. The Kier molecular flexibility index (Phi) is 5.27. The molecular weight excluding hydrogens is 378 g/mol. The van der Waals surface area contributed by atoms with Crippen molar-refractivity contribution < 1.29 is 9.90 Å². The van der Waals surface area contributed by atoms with Gasteiger partial charge < -0.3 is 15.4 Å². The Hall–Kier alpha value is -3.61. The molecule has 0 aliphatic rings. The quantitative estimate of drug-likeness (QED) is 0.393. The van der Waals surface area contributed by atoms with E-state index in [1.165, 1.54) is 0 Å². The Morgan fingerprint density at radius 2 is 1.87 bits per heavy atom. The zero-order valence-electron chi connectivity index (χ0n) is 17.2. The number of nitrogens with one attached hydrogen (secondary N) is 3. The van der Waals surface area contributed by atoms with E-state index in [0.29, 0.717) is 12.2 Å². The van der Waals surface area contributed by atoms with Crippen LogP contribution in [-0.4, -0.2) is 31.2 Å². The largest absolute Gasteiger partial charge is 0.508 e. The minimum absolute atomic E-state index is 0.0909. The fourth-order valence-electron chi connectivity index (χ4n) is 3.85. The normalized spacial score (nSPS) is 13.3. The van der Waals surface area contributed by atoms with Crippen molar-refractivity contribution in [3.05, 3.63) is 76.9 Å². The van der Waals surface area contributed by atoms with Crippen molar-refractivity contribution >= 4 is 16.9 Å². The number of phenolic OH excluding ortho intramolecular Hbond substituents is 1. The molecule has 7 nitrogen and oxygen atoms in total. The summed E-state index contributed by atoms with van der Waals surface area (Å²) in [7, 11) is 0. The molecule has 0 saturated carbocycles. The number of hydrogen-bond acceptors (Lipinski definition) is 4. The summed E-state index contributed by atoms with van der Waals surface area (Å²) < 4.78 is 0. The molecule has 2 aromatic carbocycles. The molecule has 0 saturated heterocycles. The summed E-state index contributed by atoms with van der Waals surface area (Å²) in [6.07, 6.45) is 0.544. The Morgan fingerprint density at radius 1 is 1.13 bits per heavy atom. The predicted octanol–water partition coefficient (Wildman–Crippen LogP) is 3.81. The Balaban J connectivity index is 1.64. The van der Waals surface area contributed by atoms with Gasteiger partial charge in [0.15, 0.2) is 0 Å². The van der Waals surface area contributed by atoms with Gasteiger partial charge in [-0.3, -0.25) is 9.89 Å². The molecule has 2 heterocycles. The van der Waals surface area contributed by atoms with Gasteiger partial charge in [-0.15, -0.1) is 0 Å². The molecule has 0 bridgehead atoms. The monoisotopic (exact) mass is 403 g/mol. The number of benzene rings is 2. The number of aromatic hydroxyl groups is 1. The second kappa shape index (κ2) is 8.02. The first-order chi connectivity index (χ1) is 14.4. The van der Waals surface area contributed by atoms with Gasteiger partial charge in [0.2, 0.25) is 5.91 Å². The van der Waals surface area contributed by atoms with Crippen LogP contribution in [-0.2, 0) is 11.2 Å². The number of amides is 1. The number of rotatable bonds is 6. The molecule has 1 amide bonds. The molecule has 0 aliphatic carbocycles. The summed E-state index contributed by atoms with van der Waals surface area (Å²) in [6, 6.07) is 14.4. The number of fused-ring (bicyclic) bond motifs is 1. The molecule has 154 valence electrons. The van der Waals surface area contributed by atoms with Gasteiger partial charge in [0.1, 0.15) is 11.6 Å². The van der Waals surface area contributed by atoms with Crippen LogP contribution in [0.25, 0.3) is 11.0 Å². The highest BCUT2D eigenvalue weighted by atomic mass is 16.3. The molecule has 4 N–H and O–H groups in total. The van der Waals surface area contributed by atoms with Crippen LogP contribution in [0, 0.1) is 13.8 Å². The van der Waals surface area contributed by atoms with Crippen LogP contribution in [0.15, 0.2) is 48.5 Å². The molecule has 2 unspecified atom stereocenters. The Labute approximate surface area is 174 Å². The molecule has 0 fully saturated rings. The smallest absolute Gasteiger partial charge is 0.227 e. The van der Waals surface area contributed by atoms with Crippen molar-refractivity contribution in [3.63, 3.8) is 0 Å². The van der Waals surface area contributed by atoms with Crippen LogP contribution < -0.4 is 5.32 Å². The number of aromatic nitrogens is 4. The van der Waals surface area contributed by atoms with E-state index in [2.05, 4.69) is 20.5 Å². The molecule has 7 heteroatoms. The maximum absolute atomic E-state index is 13.2. The summed E-state index contributed by atoms with van der Waals surface area (Å²) >= 11 is 0. The highest BCUT2D eigenvalue weighted by Crippen LogP contribution is 2.25. The molecule has 0 aliphatic heterocycles.